The Kier molecular flexibility index (Phi) is 4.96. The zero-order valence-electron chi connectivity index (χ0n) is 15.7. The topological polar surface area (TPSA) is 55.8 Å². The van der Waals surface area contributed by atoms with E-state index in [4.69, 9.17) is 9.47 Å². The van der Waals surface area contributed by atoms with Crippen molar-refractivity contribution in [3.63, 3.8) is 0 Å². The van der Waals surface area contributed by atoms with E-state index in [0.717, 1.165) is 42.6 Å². The molecule has 4 heteroatoms. The summed E-state index contributed by atoms with van der Waals surface area (Å²) in [7, 11) is 0. The summed E-state index contributed by atoms with van der Waals surface area (Å²) in [5.74, 6) is 0.494. The number of rotatable bonds is 3. The third-order valence-corrected chi connectivity index (χ3v) is 6.78. The van der Waals surface area contributed by atoms with Crippen LogP contribution in [-0.2, 0) is 15.1 Å². The predicted molar refractivity (Wildman–Crippen MR) is 99.1 cm³/mol. The van der Waals surface area contributed by atoms with E-state index in [1.807, 2.05) is 13.0 Å². The molecule has 26 heavy (non-hydrogen) atoms. The molecule has 0 spiro atoms. The molecule has 4 nitrogen and oxygen atoms in total. The molecule has 0 saturated heterocycles. The molecule has 1 aromatic carbocycles. The first-order valence-corrected chi connectivity index (χ1v) is 10.3. The van der Waals surface area contributed by atoms with Gasteiger partial charge in [-0.05, 0) is 50.0 Å². The van der Waals surface area contributed by atoms with Crippen molar-refractivity contribution in [2.75, 3.05) is 0 Å². The van der Waals surface area contributed by atoms with E-state index in [9.17, 15) is 9.90 Å². The summed E-state index contributed by atoms with van der Waals surface area (Å²) in [5, 5.41) is 9.73. The van der Waals surface area contributed by atoms with Crippen LogP contribution in [0.25, 0.3) is 0 Å². The van der Waals surface area contributed by atoms with E-state index >= 15 is 0 Å². The van der Waals surface area contributed by atoms with Crippen LogP contribution in [-0.4, -0.2) is 17.4 Å². The van der Waals surface area contributed by atoms with Crippen molar-refractivity contribution in [2.24, 2.45) is 11.8 Å². The van der Waals surface area contributed by atoms with Crippen molar-refractivity contribution in [3.05, 3.63) is 29.3 Å². The van der Waals surface area contributed by atoms with Crippen LogP contribution in [0.1, 0.15) is 75.3 Å². The van der Waals surface area contributed by atoms with Crippen LogP contribution in [0.5, 0.6) is 5.75 Å². The molecule has 142 valence electrons. The first-order valence-electron chi connectivity index (χ1n) is 10.3. The van der Waals surface area contributed by atoms with Crippen molar-refractivity contribution >= 4 is 5.97 Å². The van der Waals surface area contributed by atoms with Crippen LogP contribution in [0.3, 0.4) is 0 Å². The Morgan fingerprint density at radius 1 is 1.00 bits per heavy atom. The summed E-state index contributed by atoms with van der Waals surface area (Å²) in [5.41, 5.74) is 1.60. The molecule has 1 aliphatic heterocycles. The molecule has 2 aliphatic carbocycles. The normalized spacial score (nSPS) is 26.7. The van der Waals surface area contributed by atoms with Crippen molar-refractivity contribution in [3.8, 4) is 5.75 Å². The molecule has 4 rings (SSSR count). The third kappa shape index (κ3) is 2.92. The summed E-state index contributed by atoms with van der Waals surface area (Å²) < 4.78 is 12.3. The SMILES string of the molecule is Cc1cccc2c1OC(C(=O)O)OC2(C1CCCCC1)C1CCCCC1. The number of carboxylic acids is 1. The molecule has 0 aromatic heterocycles. The van der Waals surface area contributed by atoms with E-state index in [0.29, 0.717) is 11.8 Å². The number of para-hydroxylation sites is 1. The van der Waals surface area contributed by atoms with Crippen molar-refractivity contribution in [1.82, 2.24) is 0 Å². The fourth-order valence-corrected chi connectivity index (χ4v) is 5.62. The fourth-order valence-electron chi connectivity index (χ4n) is 5.62. The summed E-state index contributed by atoms with van der Waals surface area (Å²) >= 11 is 0. The van der Waals surface area contributed by atoms with Crippen LogP contribution in [0.2, 0.25) is 0 Å². The van der Waals surface area contributed by atoms with Gasteiger partial charge in [0.15, 0.2) is 0 Å². The minimum Gasteiger partial charge on any atom is -0.477 e. The second-order valence-electron chi connectivity index (χ2n) is 8.32. The molecule has 0 radical (unpaired) electrons. The minimum atomic E-state index is -1.20. The van der Waals surface area contributed by atoms with Crippen molar-refractivity contribution in [2.45, 2.75) is 83.0 Å². The Morgan fingerprint density at radius 2 is 1.58 bits per heavy atom. The fraction of sp³-hybridized carbons (Fsp3) is 0.682. The Labute approximate surface area is 155 Å². The first kappa shape index (κ1) is 17.8. The van der Waals surface area contributed by atoms with Gasteiger partial charge in [0.2, 0.25) is 0 Å². The van der Waals surface area contributed by atoms with E-state index < -0.39 is 17.9 Å². The van der Waals surface area contributed by atoms with Gasteiger partial charge < -0.3 is 14.6 Å². The lowest BCUT2D eigenvalue weighted by Gasteiger charge is -2.52. The molecular formula is C22H30O4. The zero-order valence-corrected chi connectivity index (χ0v) is 15.7. The van der Waals surface area contributed by atoms with Gasteiger partial charge in [0, 0.05) is 5.56 Å². The maximum absolute atomic E-state index is 11.9. The maximum atomic E-state index is 11.9. The van der Waals surface area contributed by atoms with Gasteiger partial charge in [-0.3, -0.25) is 0 Å². The molecule has 1 unspecified atom stereocenters. The van der Waals surface area contributed by atoms with Gasteiger partial charge in [-0.25, -0.2) is 4.79 Å². The quantitative estimate of drug-likeness (QED) is 0.810. The van der Waals surface area contributed by atoms with Gasteiger partial charge in [0.05, 0.1) is 0 Å². The highest BCUT2D eigenvalue weighted by molar-refractivity contribution is 5.72. The monoisotopic (exact) mass is 358 g/mol. The largest absolute Gasteiger partial charge is 0.477 e. The molecule has 0 amide bonds. The Balaban J connectivity index is 1.87. The van der Waals surface area contributed by atoms with Crippen molar-refractivity contribution < 1.29 is 19.4 Å². The number of hydrogen-bond donors (Lipinski definition) is 1. The highest BCUT2D eigenvalue weighted by Gasteiger charge is 2.54. The van der Waals surface area contributed by atoms with Crippen molar-refractivity contribution in [1.29, 1.82) is 0 Å². The molecule has 3 aliphatic rings. The lowest BCUT2D eigenvalue weighted by Crippen LogP contribution is -2.54. The second-order valence-corrected chi connectivity index (χ2v) is 8.32. The average molecular weight is 358 g/mol. The Morgan fingerprint density at radius 3 is 2.12 bits per heavy atom. The van der Waals surface area contributed by atoms with Gasteiger partial charge in [0.25, 0.3) is 6.29 Å². The molecule has 1 N–H and O–H groups in total. The number of aliphatic carboxylic acids is 1. The number of fused-ring (bicyclic) bond motifs is 1. The van der Waals surface area contributed by atoms with Crippen LogP contribution in [0, 0.1) is 18.8 Å². The summed E-state index contributed by atoms with van der Waals surface area (Å²) in [6.45, 7) is 2.01. The van der Waals surface area contributed by atoms with E-state index in [1.54, 1.807) is 0 Å². The molecule has 1 atom stereocenters. The number of carboxylic acid groups (broad SMARTS) is 1. The smallest absolute Gasteiger partial charge is 0.373 e. The number of hydrogen-bond acceptors (Lipinski definition) is 3. The van der Waals surface area contributed by atoms with Crippen LogP contribution < -0.4 is 4.74 Å². The molecular weight excluding hydrogens is 328 g/mol. The lowest BCUT2D eigenvalue weighted by atomic mass is 9.62. The molecule has 1 aromatic rings. The van der Waals surface area contributed by atoms with E-state index in [2.05, 4.69) is 12.1 Å². The highest BCUT2D eigenvalue weighted by Crippen LogP contribution is 2.56. The second kappa shape index (κ2) is 7.22. The number of carbonyl (C=O) groups is 1. The summed E-state index contributed by atoms with van der Waals surface area (Å²) in [4.78, 5) is 11.9. The number of aryl methyl sites for hydroxylation is 1. The lowest BCUT2D eigenvalue weighted by molar-refractivity contribution is -0.252. The van der Waals surface area contributed by atoms with E-state index in [-0.39, 0.29) is 0 Å². The summed E-state index contributed by atoms with van der Waals surface area (Å²) in [6.07, 6.45) is 10.7. The maximum Gasteiger partial charge on any atom is 0.373 e. The number of ether oxygens (including phenoxy) is 2. The number of benzene rings is 1. The standard InChI is InChI=1S/C22H30O4/c1-15-9-8-14-18-19(15)25-21(20(23)24)26-22(18,16-10-4-2-5-11-16)17-12-6-3-7-13-17/h8-9,14,16-17,21H,2-7,10-13H2,1H3,(H,23,24). The van der Waals surface area contributed by atoms with Crippen LogP contribution in [0.15, 0.2) is 18.2 Å². The molecule has 2 saturated carbocycles. The minimum absolute atomic E-state index is 0.380. The van der Waals surface area contributed by atoms with Crippen LogP contribution >= 0.6 is 0 Å². The van der Waals surface area contributed by atoms with Gasteiger partial charge >= 0.3 is 5.97 Å². The van der Waals surface area contributed by atoms with Gasteiger partial charge in [-0.1, -0.05) is 56.7 Å². The Hall–Kier alpha value is -1.55. The molecule has 2 fully saturated rings. The molecule has 0 bridgehead atoms. The third-order valence-electron chi connectivity index (χ3n) is 6.78. The Bertz CT molecular complexity index is 638. The average Bonchev–Trinajstić information content (AvgIpc) is 2.69. The van der Waals surface area contributed by atoms with Gasteiger partial charge in [-0.2, -0.15) is 0 Å². The zero-order chi connectivity index (χ0) is 18.1. The van der Waals surface area contributed by atoms with Crippen LogP contribution in [0.4, 0.5) is 0 Å². The van der Waals surface area contributed by atoms with E-state index in [1.165, 1.54) is 38.5 Å². The summed E-state index contributed by atoms with van der Waals surface area (Å²) in [6, 6.07) is 6.21. The first-order chi connectivity index (χ1) is 12.6. The van der Waals surface area contributed by atoms with Gasteiger partial charge in [0.1, 0.15) is 11.4 Å². The highest BCUT2D eigenvalue weighted by atomic mass is 16.7. The molecule has 1 heterocycles. The van der Waals surface area contributed by atoms with Gasteiger partial charge in [-0.15, -0.1) is 0 Å². The predicted octanol–water partition coefficient (Wildman–Crippen LogP) is 5.17.